The number of benzene rings is 2. The van der Waals surface area contributed by atoms with Crippen molar-refractivity contribution in [2.75, 3.05) is 18.4 Å². The number of nitrogens with zero attached hydrogens (tertiary/aromatic N) is 1. The van der Waals surface area contributed by atoms with Crippen molar-refractivity contribution in [3.63, 3.8) is 0 Å². The van der Waals surface area contributed by atoms with Crippen LogP contribution in [0, 0.1) is 11.3 Å². The Labute approximate surface area is 140 Å². The summed E-state index contributed by atoms with van der Waals surface area (Å²) < 4.78 is 0. The topological polar surface area (TPSA) is 80.7 Å². The van der Waals surface area contributed by atoms with Gasteiger partial charge < -0.3 is 15.6 Å². The Bertz CT molecular complexity index is 892. The molecule has 0 saturated heterocycles. The van der Waals surface area contributed by atoms with Crippen LogP contribution in [0.3, 0.4) is 0 Å². The monoisotopic (exact) mass is 318 g/mol. The van der Waals surface area contributed by atoms with Gasteiger partial charge in [0.15, 0.2) is 0 Å². The second-order valence-electron chi connectivity index (χ2n) is 5.51. The predicted octanol–water partition coefficient (Wildman–Crippen LogP) is 2.81. The number of para-hydroxylation sites is 1. The van der Waals surface area contributed by atoms with Crippen LogP contribution in [0.15, 0.2) is 54.7 Å². The van der Waals surface area contributed by atoms with Gasteiger partial charge in [-0.3, -0.25) is 4.79 Å². The van der Waals surface area contributed by atoms with Crippen LogP contribution in [0.5, 0.6) is 0 Å². The summed E-state index contributed by atoms with van der Waals surface area (Å²) in [5, 5.41) is 16.0. The number of nitrogens with one attached hydrogen (secondary N) is 3. The van der Waals surface area contributed by atoms with Gasteiger partial charge >= 0.3 is 0 Å². The van der Waals surface area contributed by atoms with E-state index in [9.17, 15) is 4.79 Å². The van der Waals surface area contributed by atoms with Gasteiger partial charge in [-0.05, 0) is 36.2 Å². The fraction of sp³-hybridized carbons (Fsp3) is 0.158. The Hall–Kier alpha value is -3.26. The lowest BCUT2D eigenvalue weighted by atomic mass is 10.1. The second-order valence-corrected chi connectivity index (χ2v) is 5.51. The first-order valence-electron chi connectivity index (χ1n) is 7.82. The van der Waals surface area contributed by atoms with Gasteiger partial charge in [-0.2, -0.15) is 5.26 Å². The average molecular weight is 318 g/mol. The maximum absolute atomic E-state index is 11.9. The van der Waals surface area contributed by atoms with E-state index in [1.807, 2.05) is 30.5 Å². The van der Waals surface area contributed by atoms with Crippen LogP contribution in [0.25, 0.3) is 10.9 Å². The molecule has 24 heavy (non-hydrogen) atoms. The van der Waals surface area contributed by atoms with E-state index in [4.69, 9.17) is 5.26 Å². The second kappa shape index (κ2) is 7.34. The van der Waals surface area contributed by atoms with Crippen molar-refractivity contribution in [3.8, 4) is 6.07 Å². The number of anilines is 1. The van der Waals surface area contributed by atoms with Gasteiger partial charge in [0.05, 0.1) is 18.2 Å². The minimum Gasteiger partial charge on any atom is -0.376 e. The molecule has 3 aromatic rings. The molecule has 3 N–H and O–H groups in total. The summed E-state index contributed by atoms with van der Waals surface area (Å²) in [5.41, 5.74) is 3.64. The summed E-state index contributed by atoms with van der Waals surface area (Å²) in [6.45, 7) is 0.767. The molecule has 0 fully saturated rings. The van der Waals surface area contributed by atoms with E-state index in [2.05, 4.69) is 27.8 Å². The van der Waals surface area contributed by atoms with Crippen molar-refractivity contribution in [3.05, 3.63) is 65.9 Å². The van der Waals surface area contributed by atoms with E-state index in [1.165, 1.54) is 10.9 Å². The Balaban J connectivity index is 1.46. The van der Waals surface area contributed by atoms with Gasteiger partial charge in [0.1, 0.15) is 0 Å². The van der Waals surface area contributed by atoms with Gasteiger partial charge in [-0.1, -0.05) is 24.3 Å². The average Bonchev–Trinajstić information content (AvgIpc) is 3.03. The molecule has 0 radical (unpaired) electrons. The van der Waals surface area contributed by atoms with Crippen LogP contribution in [-0.4, -0.2) is 24.0 Å². The number of aromatic nitrogens is 1. The fourth-order valence-electron chi connectivity index (χ4n) is 2.62. The molecular formula is C19H18N4O. The van der Waals surface area contributed by atoms with Crippen molar-refractivity contribution in [1.29, 1.82) is 5.26 Å². The van der Waals surface area contributed by atoms with Gasteiger partial charge in [-0.15, -0.1) is 0 Å². The van der Waals surface area contributed by atoms with Crippen LogP contribution >= 0.6 is 0 Å². The highest BCUT2D eigenvalue weighted by molar-refractivity contribution is 5.83. The lowest BCUT2D eigenvalue weighted by molar-refractivity contribution is -0.119. The molecule has 2 aromatic carbocycles. The van der Waals surface area contributed by atoms with Crippen molar-refractivity contribution >= 4 is 22.5 Å². The number of fused-ring (bicyclic) bond motifs is 1. The standard InChI is InChI=1S/C19H18N4O/c20-11-14-4-3-5-16(10-14)22-13-19(24)21-9-8-15-12-23-18-7-2-1-6-17(15)18/h1-7,10,12,22-23H,8-9,13H2,(H,21,24). The van der Waals surface area contributed by atoms with Crippen LogP contribution in [-0.2, 0) is 11.2 Å². The highest BCUT2D eigenvalue weighted by Gasteiger charge is 2.05. The van der Waals surface area contributed by atoms with Crippen molar-refractivity contribution in [2.45, 2.75) is 6.42 Å². The Morgan fingerprint density at radius 1 is 1.17 bits per heavy atom. The Morgan fingerprint density at radius 2 is 2.04 bits per heavy atom. The summed E-state index contributed by atoms with van der Waals surface area (Å²) in [5.74, 6) is -0.0720. The van der Waals surface area contributed by atoms with Gasteiger partial charge in [0.25, 0.3) is 0 Å². The predicted molar refractivity (Wildman–Crippen MR) is 94.7 cm³/mol. The quantitative estimate of drug-likeness (QED) is 0.654. The van der Waals surface area contributed by atoms with E-state index in [-0.39, 0.29) is 12.5 Å². The highest BCUT2D eigenvalue weighted by atomic mass is 16.1. The van der Waals surface area contributed by atoms with Gasteiger partial charge in [0, 0.05) is 29.3 Å². The summed E-state index contributed by atoms with van der Waals surface area (Å²) in [7, 11) is 0. The smallest absolute Gasteiger partial charge is 0.239 e. The number of carbonyl (C=O) groups excluding carboxylic acids is 1. The van der Waals surface area contributed by atoms with Crippen LogP contribution in [0.2, 0.25) is 0 Å². The van der Waals surface area contributed by atoms with E-state index in [1.54, 1.807) is 18.2 Å². The third kappa shape index (κ3) is 3.73. The molecule has 1 heterocycles. The number of amides is 1. The van der Waals surface area contributed by atoms with E-state index >= 15 is 0 Å². The van der Waals surface area contributed by atoms with E-state index < -0.39 is 0 Å². The molecule has 1 aromatic heterocycles. The molecule has 0 bridgehead atoms. The number of hydrogen-bond acceptors (Lipinski definition) is 3. The zero-order valence-electron chi connectivity index (χ0n) is 13.2. The zero-order chi connectivity index (χ0) is 16.8. The molecule has 1 amide bonds. The summed E-state index contributed by atoms with van der Waals surface area (Å²) in [6, 6.07) is 17.3. The first kappa shape index (κ1) is 15.6. The van der Waals surface area contributed by atoms with Crippen molar-refractivity contribution in [2.24, 2.45) is 0 Å². The lowest BCUT2D eigenvalue weighted by Gasteiger charge is -2.08. The molecule has 0 atom stereocenters. The molecular weight excluding hydrogens is 300 g/mol. The summed E-state index contributed by atoms with van der Waals surface area (Å²) >= 11 is 0. The van der Waals surface area contributed by atoms with E-state index in [0.717, 1.165) is 17.6 Å². The van der Waals surface area contributed by atoms with Crippen molar-refractivity contribution in [1.82, 2.24) is 10.3 Å². The van der Waals surface area contributed by atoms with Gasteiger partial charge in [0.2, 0.25) is 5.91 Å². The number of H-pyrrole nitrogens is 1. The van der Waals surface area contributed by atoms with Crippen molar-refractivity contribution < 1.29 is 4.79 Å². The zero-order valence-corrected chi connectivity index (χ0v) is 13.2. The normalized spacial score (nSPS) is 10.3. The number of nitriles is 1. The van der Waals surface area contributed by atoms with Gasteiger partial charge in [-0.25, -0.2) is 0 Å². The minimum absolute atomic E-state index is 0.0720. The first-order valence-corrected chi connectivity index (χ1v) is 7.82. The Kier molecular flexibility index (Phi) is 4.78. The first-order chi connectivity index (χ1) is 11.8. The molecule has 0 aliphatic carbocycles. The van der Waals surface area contributed by atoms with E-state index in [0.29, 0.717) is 12.1 Å². The number of hydrogen-bond donors (Lipinski definition) is 3. The highest BCUT2D eigenvalue weighted by Crippen LogP contribution is 2.17. The molecule has 0 unspecified atom stereocenters. The van der Waals surface area contributed by atoms with Crippen LogP contribution in [0.4, 0.5) is 5.69 Å². The number of carbonyl (C=O) groups is 1. The largest absolute Gasteiger partial charge is 0.376 e. The Morgan fingerprint density at radius 3 is 2.92 bits per heavy atom. The lowest BCUT2D eigenvalue weighted by Crippen LogP contribution is -2.31. The molecule has 5 heteroatoms. The van der Waals surface area contributed by atoms with Crippen LogP contribution in [0.1, 0.15) is 11.1 Å². The third-order valence-corrected chi connectivity index (χ3v) is 3.84. The molecule has 120 valence electrons. The fourth-order valence-corrected chi connectivity index (χ4v) is 2.62. The third-order valence-electron chi connectivity index (χ3n) is 3.84. The minimum atomic E-state index is -0.0720. The maximum Gasteiger partial charge on any atom is 0.239 e. The summed E-state index contributed by atoms with van der Waals surface area (Å²) in [4.78, 5) is 15.1. The summed E-state index contributed by atoms with van der Waals surface area (Å²) in [6.07, 6.45) is 2.77. The molecule has 0 aliphatic rings. The molecule has 5 nitrogen and oxygen atoms in total. The molecule has 3 rings (SSSR count). The van der Waals surface area contributed by atoms with Crippen LogP contribution < -0.4 is 10.6 Å². The SMILES string of the molecule is N#Cc1cccc(NCC(=O)NCCc2c[nH]c3ccccc23)c1. The number of rotatable bonds is 6. The molecule has 0 aliphatic heterocycles. The molecule has 0 spiro atoms. The molecule has 0 saturated carbocycles. The number of aromatic amines is 1. The maximum atomic E-state index is 11.9.